The summed E-state index contributed by atoms with van der Waals surface area (Å²) in [6, 6.07) is 0. The molecule has 1 amide bonds. The third-order valence-electron chi connectivity index (χ3n) is 3.81. The largest absolute Gasteiger partial charge is 0.466 e. The summed E-state index contributed by atoms with van der Waals surface area (Å²) in [4.78, 5) is 25.2. The van der Waals surface area contributed by atoms with E-state index in [4.69, 9.17) is 4.74 Å². The van der Waals surface area contributed by atoms with Gasteiger partial charge in [0.25, 0.3) is 0 Å². The number of hydrogen-bond donors (Lipinski definition) is 0. The lowest BCUT2D eigenvalue weighted by molar-refractivity contribution is -0.144. The van der Waals surface area contributed by atoms with Crippen LogP contribution in [0.15, 0.2) is 0 Å². The van der Waals surface area contributed by atoms with E-state index in [1.807, 2.05) is 20.9 Å². The van der Waals surface area contributed by atoms with Crippen molar-refractivity contribution in [3.8, 4) is 0 Å². The second kappa shape index (κ2) is 7.39. The fourth-order valence-corrected chi connectivity index (χ4v) is 2.54. The minimum atomic E-state index is -0.0991. The molecule has 0 aliphatic heterocycles. The number of esters is 1. The van der Waals surface area contributed by atoms with E-state index >= 15 is 0 Å². The molecule has 104 valence electrons. The molecule has 1 fully saturated rings. The number of rotatable bonds is 5. The van der Waals surface area contributed by atoms with Crippen LogP contribution in [-0.2, 0) is 14.3 Å². The van der Waals surface area contributed by atoms with Crippen LogP contribution in [0.25, 0.3) is 0 Å². The van der Waals surface area contributed by atoms with Gasteiger partial charge in [-0.05, 0) is 45.4 Å². The highest BCUT2D eigenvalue weighted by Crippen LogP contribution is 2.31. The first kappa shape index (κ1) is 15.0. The predicted octanol–water partition coefficient (Wildman–Crippen LogP) is 2.22. The molecule has 0 N–H and O–H groups in total. The van der Waals surface area contributed by atoms with E-state index in [1.165, 1.54) is 0 Å². The summed E-state index contributed by atoms with van der Waals surface area (Å²) in [6.07, 6.45) is 4.26. The summed E-state index contributed by atoms with van der Waals surface area (Å²) in [7, 11) is 1.85. The van der Waals surface area contributed by atoms with Crippen LogP contribution < -0.4 is 0 Å². The molecule has 0 saturated heterocycles. The summed E-state index contributed by atoms with van der Waals surface area (Å²) in [5.74, 6) is 0.721. The van der Waals surface area contributed by atoms with Gasteiger partial charge in [0.2, 0.25) is 5.91 Å². The molecular weight excluding hydrogens is 230 g/mol. The monoisotopic (exact) mass is 255 g/mol. The maximum absolute atomic E-state index is 12.0. The minimum absolute atomic E-state index is 0.0991. The Bertz CT molecular complexity index is 283. The van der Waals surface area contributed by atoms with Crippen molar-refractivity contribution in [1.82, 2.24) is 4.90 Å². The average Bonchev–Trinajstić information content (AvgIpc) is 2.38. The summed E-state index contributed by atoms with van der Waals surface area (Å²) in [5, 5.41) is 0. The Morgan fingerprint density at radius 1 is 1.17 bits per heavy atom. The third-order valence-corrected chi connectivity index (χ3v) is 3.81. The molecule has 0 aromatic carbocycles. The zero-order valence-electron chi connectivity index (χ0n) is 11.8. The van der Waals surface area contributed by atoms with Gasteiger partial charge in [-0.25, -0.2) is 0 Å². The van der Waals surface area contributed by atoms with Crippen molar-refractivity contribution in [2.45, 2.75) is 46.0 Å². The van der Waals surface area contributed by atoms with Gasteiger partial charge >= 0.3 is 5.97 Å². The minimum Gasteiger partial charge on any atom is -0.466 e. The van der Waals surface area contributed by atoms with E-state index in [2.05, 4.69) is 0 Å². The van der Waals surface area contributed by atoms with E-state index in [1.54, 1.807) is 4.90 Å². The fourth-order valence-electron chi connectivity index (χ4n) is 2.54. The average molecular weight is 255 g/mol. The Morgan fingerprint density at radius 3 is 2.28 bits per heavy atom. The SMILES string of the molecule is CCOC(=O)CC1CCC(C(=O)N(C)CC)CC1. The van der Waals surface area contributed by atoms with Crippen molar-refractivity contribution in [1.29, 1.82) is 0 Å². The highest BCUT2D eigenvalue weighted by atomic mass is 16.5. The van der Waals surface area contributed by atoms with Crippen LogP contribution in [0.2, 0.25) is 0 Å². The van der Waals surface area contributed by atoms with Crippen LogP contribution in [0.5, 0.6) is 0 Å². The zero-order valence-corrected chi connectivity index (χ0v) is 11.8. The summed E-state index contributed by atoms with van der Waals surface area (Å²) in [5.41, 5.74) is 0. The Kier molecular flexibility index (Phi) is 6.16. The molecule has 4 nitrogen and oxygen atoms in total. The standard InChI is InChI=1S/C14H25NO3/c1-4-15(3)14(17)12-8-6-11(7-9-12)10-13(16)18-5-2/h11-12H,4-10H2,1-3H3. The number of carbonyl (C=O) groups is 2. The van der Waals surface area contributed by atoms with Gasteiger partial charge in [0.05, 0.1) is 6.61 Å². The highest BCUT2D eigenvalue weighted by molar-refractivity contribution is 5.78. The molecule has 0 unspecified atom stereocenters. The van der Waals surface area contributed by atoms with Gasteiger partial charge in [-0.15, -0.1) is 0 Å². The van der Waals surface area contributed by atoms with Crippen molar-refractivity contribution in [2.75, 3.05) is 20.2 Å². The number of ether oxygens (including phenoxy) is 1. The van der Waals surface area contributed by atoms with E-state index < -0.39 is 0 Å². The molecule has 0 bridgehead atoms. The molecule has 0 heterocycles. The molecule has 4 heteroatoms. The topological polar surface area (TPSA) is 46.6 Å². The zero-order chi connectivity index (χ0) is 13.5. The first-order valence-corrected chi connectivity index (χ1v) is 6.99. The molecular formula is C14H25NO3. The Morgan fingerprint density at radius 2 is 1.78 bits per heavy atom. The maximum Gasteiger partial charge on any atom is 0.306 e. The molecule has 0 spiro atoms. The molecule has 1 rings (SSSR count). The highest BCUT2D eigenvalue weighted by Gasteiger charge is 2.28. The second-order valence-corrected chi connectivity index (χ2v) is 5.08. The number of hydrogen-bond acceptors (Lipinski definition) is 3. The quantitative estimate of drug-likeness (QED) is 0.708. The lowest BCUT2D eigenvalue weighted by atomic mass is 9.80. The summed E-state index contributed by atoms with van der Waals surface area (Å²) >= 11 is 0. The molecule has 0 atom stereocenters. The third kappa shape index (κ3) is 4.31. The van der Waals surface area contributed by atoms with Crippen molar-refractivity contribution in [2.24, 2.45) is 11.8 Å². The summed E-state index contributed by atoms with van der Waals surface area (Å²) < 4.78 is 4.96. The smallest absolute Gasteiger partial charge is 0.306 e. The maximum atomic E-state index is 12.0. The van der Waals surface area contributed by atoms with Crippen molar-refractivity contribution >= 4 is 11.9 Å². The molecule has 1 aliphatic rings. The Hall–Kier alpha value is -1.06. The molecule has 0 radical (unpaired) electrons. The Labute approximate surface area is 110 Å². The van der Waals surface area contributed by atoms with Gasteiger partial charge in [-0.3, -0.25) is 9.59 Å². The van der Waals surface area contributed by atoms with Crippen molar-refractivity contribution in [3.63, 3.8) is 0 Å². The first-order chi connectivity index (χ1) is 8.58. The molecule has 0 aromatic heterocycles. The molecule has 18 heavy (non-hydrogen) atoms. The van der Waals surface area contributed by atoms with Gasteiger partial charge in [0, 0.05) is 25.9 Å². The number of carbonyl (C=O) groups excluding carboxylic acids is 2. The van der Waals surface area contributed by atoms with Gasteiger partial charge in [0.1, 0.15) is 0 Å². The second-order valence-electron chi connectivity index (χ2n) is 5.08. The molecule has 1 saturated carbocycles. The Balaban J connectivity index is 2.32. The van der Waals surface area contributed by atoms with Crippen LogP contribution in [0, 0.1) is 11.8 Å². The van der Waals surface area contributed by atoms with E-state index in [-0.39, 0.29) is 17.8 Å². The summed E-state index contributed by atoms with van der Waals surface area (Å²) in [6.45, 7) is 5.04. The first-order valence-electron chi connectivity index (χ1n) is 6.99. The van der Waals surface area contributed by atoms with Crippen LogP contribution >= 0.6 is 0 Å². The van der Waals surface area contributed by atoms with Gasteiger partial charge < -0.3 is 9.64 Å². The van der Waals surface area contributed by atoms with Crippen molar-refractivity contribution < 1.29 is 14.3 Å². The number of nitrogens with zero attached hydrogens (tertiary/aromatic N) is 1. The van der Waals surface area contributed by atoms with Gasteiger partial charge in [-0.2, -0.15) is 0 Å². The van der Waals surface area contributed by atoms with Crippen LogP contribution in [0.4, 0.5) is 0 Å². The predicted molar refractivity (Wildman–Crippen MR) is 70.0 cm³/mol. The fraction of sp³-hybridized carbons (Fsp3) is 0.857. The van der Waals surface area contributed by atoms with Crippen LogP contribution in [0.1, 0.15) is 46.0 Å². The number of amides is 1. The van der Waals surface area contributed by atoms with Crippen LogP contribution in [0.3, 0.4) is 0 Å². The molecule has 0 aromatic rings. The van der Waals surface area contributed by atoms with E-state index in [9.17, 15) is 9.59 Å². The van der Waals surface area contributed by atoms with Crippen molar-refractivity contribution in [3.05, 3.63) is 0 Å². The van der Waals surface area contributed by atoms with E-state index in [0.29, 0.717) is 18.9 Å². The van der Waals surface area contributed by atoms with Crippen LogP contribution in [-0.4, -0.2) is 37.0 Å². The van der Waals surface area contributed by atoms with Gasteiger partial charge in [-0.1, -0.05) is 0 Å². The lowest BCUT2D eigenvalue weighted by Crippen LogP contribution is -2.35. The lowest BCUT2D eigenvalue weighted by Gasteiger charge is -2.29. The molecule has 1 aliphatic carbocycles. The van der Waals surface area contributed by atoms with Gasteiger partial charge in [0.15, 0.2) is 0 Å². The normalized spacial score (nSPS) is 23.5. The van der Waals surface area contributed by atoms with E-state index in [0.717, 1.165) is 32.2 Å².